The van der Waals surface area contributed by atoms with Gasteiger partial charge in [-0.25, -0.2) is 0 Å². The van der Waals surface area contributed by atoms with Crippen molar-refractivity contribution < 1.29 is 0 Å². The Morgan fingerprint density at radius 2 is 1.81 bits per heavy atom. The third-order valence-corrected chi connectivity index (χ3v) is 3.84. The summed E-state index contributed by atoms with van der Waals surface area (Å²) < 4.78 is 1.07. The Kier molecular flexibility index (Phi) is 5.38. The van der Waals surface area contributed by atoms with Crippen LogP contribution < -0.4 is 10.2 Å². The first-order chi connectivity index (χ1) is 10.1. The Labute approximate surface area is 134 Å². The minimum atomic E-state index is 0.711. The standard InChI is InChI=1S/C17H18BrN3/c1-20-11-14-5-8-17(15(9-14)10-19)21(2)12-13-3-6-16(18)7-4-13/h3-9,20H,11-12H2,1-2H3. The van der Waals surface area contributed by atoms with Gasteiger partial charge in [0, 0.05) is 24.6 Å². The van der Waals surface area contributed by atoms with E-state index < -0.39 is 0 Å². The molecule has 0 heterocycles. The molecule has 108 valence electrons. The molecule has 2 aromatic rings. The fourth-order valence-corrected chi connectivity index (χ4v) is 2.53. The molecule has 0 aliphatic rings. The van der Waals surface area contributed by atoms with Crippen LogP contribution in [0.1, 0.15) is 16.7 Å². The summed E-state index contributed by atoms with van der Waals surface area (Å²) in [6.45, 7) is 1.54. The van der Waals surface area contributed by atoms with Gasteiger partial charge in [0.1, 0.15) is 6.07 Å². The molecule has 0 spiro atoms. The highest BCUT2D eigenvalue weighted by molar-refractivity contribution is 9.10. The fraction of sp³-hybridized carbons (Fsp3) is 0.235. The molecule has 4 heteroatoms. The largest absolute Gasteiger partial charge is 0.369 e. The second kappa shape index (κ2) is 7.26. The highest BCUT2D eigenvalue weighted by atomic mass is 79.9. The van der Waals surface area contributed by atoms with Gasteiger partial charge in [0.25, 0.3) is 0 Å². The second-order valence-electron chi connectivity index (χ2n) is 4.98. The van der Waals surface area contributed by atoms with Crippen molar-refractivity contribution in [2.24, 2.45) is 0 Å². The van der Waals surface area contributed by atoms with E-state index in [9.17, 15) is 5.26 Å². The van der Waals surface area contributed by atoms with E-state index in [4.69, 9.17) is 0 Å². The quantitative estimate of drug-likeness (QED) is 0.899. The molecule has 0 aliphatic heterocycles. The highest BCUT2D eigenvalue weighted by Crippen LogP contribution is 2.22. The molecule has 0 atom stereocenters. The molecule has 0 unspecified atom stereocenters. The Morgan fingerprint density at radius 1 is 1.14 bits per heavy atom. The molecule has 2 rings (SSSR count). The van der Waals surface area contributed by atoms with Crippen molar-refractivity contribution in [3.05, 3.63) is 63.6 Å². The van der Waals surface area contributed by atoms with Gasteiger partial charge in [0.05, 0.1) is 11.3 Å². The third kappa shape index (κ3) is 4.07. The van der Waals surface area contributed by atoms with E-state index in [2.05, 4.69) is 50.4 Å². The SMILES string of the molecule is CNCc1ccc(N(C)Cc2ccc(Br)cc2)c(C#N)c1. The van der Waals surface area contributed by atoms with Crippen molar-refractivity contribution in [1.82, 2.24) is 5.32 Å². The van der Waals surface area contributed by atoms with Crippen LogP contribution in [0, 0.1) is 11.3 Å². The summed E-state index contributed by atoms with van der Waals surface area (Å²) in [5.41, 5.74) is 4.00. The topological polar surface area (TPSA) is 39.1 Å². The predicted molar refractivity (Wildman–Crippen MR) is 90.2 cm³/mol. The average Bonchev–Trinajstić information content (AvgIpc) is 2.49. The summed E-state index contributed by atoms with van der Waals surface area (Å²) in [6.07, 6.45) is 0. The van der Waals surface area contributed by atoms with Gasteiger partial charge in [-0.3, -0.25) is 0 Å². The number of nitrogens with one attached hydrogen (secondary N) is 1. The van der Waals surface area contributed by atoms with E-state index >= 15 is 0 Å². The van der Waals surface area contributed by atoms with E-state index in [1.54, 1.807) is 0 Å². The van der Waals surface area contributed by atoms with Gasteiger partial charge in [-0.1, -0.05) is 34.1 Å². The summed E-state index contributed by atoms with van der Waals surface area (Å²) in [6, 6.07) is 16.6. The van der Waals surface area contributed by atoms with Gasteiger partial charge in [-0.2, -0.15) is 5.26 Å². The molecule has 0 radical (unpaired) electrons. The number of nitriles is 1. The van der Waals surface area contributed by atoms with E-state index in [1.807, 2.05) is 38.4 Å². The molecule has 0 aliphatic carbocycles. The van der Waals surface area contributed by atoms with Crippen LogP contribution in [0.5, 0.6) is 0 Å². The third-order valence-electron chi connectivity index (χ3n) is 3.31. The van der Waals surface area contributed by atoms with Gasteiger partial charge in [-0.15, -0.1) is 0 Å². The van der Waals surface area contributed by atoms with Gasteiger partial charge in [-0.05, 0) is 42.4 Å². The number of benzene rings is 2. The number of halogens is 1. The van der Waals surface area contributed by atoms with Crippen molar-refractivity contribution in [3.63, 3.8) is 0 Å². The summed E-state index contributed by atoms with van der Waals surface area (Å²) in [5, 5.41) is 12.5. The monoisotopic (exact) mass is 343 g/mol. The Hall–Kier alpha value is -1.83. The molecule has 3 nitrogen and oxygen atoms in total. The maximum atomic E-state index is 9.36. The molecule has 0 saturated heterocycles. The smallest absolute Gasteiger partial charge is 0.101 e. The van der Waals surface area contributed by atoms with Gasteiger partial charge >= 0.3 is 0 Å². The number of rotatable bonds is 5. The molecule has 0 amide bonds. The number of hydrogen-bond donors (Lipinski definition) is 1. The minimum Gasteiger partial charge on any atom is -0.369 e. The maximum Gasteiger partial charge on any atom is 0.101 e. The molecule has 0 bridgehead atoms. The normalized spacial score (nSPS) is 10.2. The lowest BCUT2D eigenvalue weighted by Crippen LogP contribution is -2.18. The van der Waals surface area contributed by atoms with Crippen molar-refractivity contribution >= 4 is 21.6 Å². The molecular formula is C17H18BrN3. The highest BCUT2D eigenvalue weighted by Gasteiger charge is 2.09. The molecular weight excluding hydrogens is 326 g/mol. The van der Waals surface area contributed by atoms with E-state index in [0.29, 0.717) is 5.56 Å². The van der Waals surface area contributed by atoms with Crippen molar-refractivity contribution in [2.45, 2.75) is 13.1 Å². The van der Waals surface area contributed by atoms with Gasteiger partial charge in [0.2, 0.25) is 0 Å². The van der Waals surface area contributed by atoms with Crippen LogP contribution in [0.2, 0.25) is 0 Å². The lowest BCUT2D eigenvalue weighted by atomic mass is 10.1. The molecule has 21 heavy (non-hydrogen) atoms. The summed E-state index contributed by atoms with van der Waals surface area (Å²) in [5.74, 6) is 0. The van der Waals surface area contributed by atoms with Crippen LogP contribution >= 0.6 is 15.9 Å². The van der Waals surface area contributed by atoms with E-state index in [1.165, 1.54) is 5.56 Å². The summed E-state index contributed by atoms with van der Waals surface area (Å²) in [4.78, 5) is 2.10. The molecule has 2 aromatic carbocycles. The molecule has 0 saturated carbocycles. The Bertz CT molecular complexity index is 644. The van der Waals surface area contributed by atoms with Gasteiger partial charge in [0.15, 0.2) is 0 Å². The first-order valence-corrected chi connectivity index (χ1v) is 7.56. The van der Waals surface area contributed by atoms with Crippen molar-refractivity contribution in [2.75, 3.05) is 19.0 Å². The van der Waals surface area contributed by atoms with E-state index in [0.717, 1.165) is 28.8 Å². The number of anilines is 1. The predicted octanol–water partition coefficient (Wildman–Crippen LogP) is 3.68. The van der Waals surface area contributed by atoms with Crippen LogP contribution in [0.25, 0.3) is 0 Å². The lowest BCUT2D eigenvalue weighted by molar-refractivity contribution is 0.816. The average molecular weight is 344 g/mol. The zero-order valence-electron chi connectivity index (χ0n) is 12.2. The Morgan fingerprint density at radius 3 is 2.43 bits per heavy atom. The molecule has 1 N–H and O–H groups in total. The second-order valence-corrected chi connectivity index (χ2v) is 5.89. The van der Waals surface area contributed by atoms with Crippen molar-refractivity contribution in [3.8, 4) is 6.07 Å². The van der Waals surface area contributed by atoms with Crippen LogP contribution in [0.3, 0.4) is 0 Å². The van der Waals surface area contributed by atoms with Crippen molar-refractivity contribution in [1.29, 1.82) is 5.26 Å². The minimum absolute atomic E-state index is 0.711. The van der Waals surface area contributed by atoms with Crippen LogP contribution in [-0.4, -0.2) is 14.1 Å². The number of hydrogen-bond acceptors (Lipinski definition) is 3. The lowest BCUT2D eigenvalue weighted by Gasteiger charge is -2.21. The van der Waals surface area contributed by atoms with Crippen LogP contribution in [0.4, 0.5) is 5.69 Å². The van der Waals surface area contributed by atoms with Crippen LogP contribution in [-0.2, 0) is 13.1 Å². The zero-order valence-corrected chi connectivity index (χ0v) is 13.8. The molecule has 0 fully saturated rings. The first kappa shape index (κ1) is 15.6. The summed E-state index contributed by atoms with van der Waals surface area (Å²) in [7, 11) is 3.91. The zero-order chi connectivity index (χ0) is 15.2. The Balaban J connectivity index is 2.20. The summed E-state index contributed by atoms with van der Waals surface area (Å²) >= 11 is 3.44. The van der Waals surface area contributed by atoms with Crippen LogP contribution in [0.15, 0.2) is 46.9 Å². The maximum absolute atomic E-state index is 9.36. The fourth-order valence-electron chi connectivity index (χ4n) is 2.27. The van der Waals surface area contributed by atoms with Gasteiger partial charge < -0.3 is 10.2 Å². The number of nitrogens with zero attached hydrogens (tertiary/aromatic N) is 2. The first-order valence-electron chi connectivity index (χ1n) is 6.77. The van der Waals surface area contributed by atoms with E-state index in [-0.39, 0.29) is 0 Å². The molecule has 0 aromatic heterocycles.